The molecule has 6 heteroatoms. The van der Waals surface area contributed by atoms with Crippen LogP contribution in [-0.4, -0.2) is 29.8 Å². The molecular weight excluding hydrogens is 222 g/mol. The van der Waals surface area contributed by atoms with Crippen molar-refractivity contribution in [3.05, 3.63) is 0 Å². The van der Waals surface area contributed by atoms with E-state index in [0.717, 1.165) is 0 Å². The van der Waals surface area contributed by atoms with Gasteiger partial charge in [0.1, 0.15) is 6.04 Å². The zero-order valence-electron chi connectivity index (χ0n) is 10.4. The summed E-state index contributed by atoms with van der Waals surface area (Å²) >= 11 is 0. The number of hydrogen-bond donors (Lipinski definition) is 3. The monoisotopic (exact) mass is 241 g/mol. The van der Waals surface area contributed by atoms with Crippen molar-refractivity contribution in [2.45, 2.75) is 45.7 Å². The number of rotatable bonds is 2. The molecule has 1 saturated heterocycles. The Kier molecular flexibility index (Phi) is 3.87. The molecule has 1 aliphatic rings. The minimum Gasteiger partial charge on any atom is -0.343 e. The van der Waals surface area contributed by atoms with Gasteiger partial charge in [0.25, 0.3) is 0 Å². The van der Waals surface area contributed by atoms with Crippen molar-refractivity contribution in [3.8, 4) is 0 Å². The number of imide groups is 1. The molecule has 1 fully saturated rings. The minimum atomic E-state index is -0.687. The molecule has 0 aromatic heterocycles. The summed E-state index contributed by atoms with van der Waals surface area (Å²) in [5.74, 6) is -1.14. The summed E-state index contributed by atoms with van der Waals surface area (Å²) < 4.78 is 0. The van der Waals surface area contributed by atoms with Crippen molar-refractivity contribution in [1.82, 2.24) is 10.6 Å². The molecule has 0 bridgehead atoms. The lowest BCUT2D eigenvalue weighted by atomic mass is 9.86. The number of nitrogens with one attached hydrogen (secondary N) is 2. The van der Waals surface area contributed by atoms with Crippen LogP contribution < -0.4 is 16.4 Å². The molecule has 0 radical (unpaired) electrons. The summed E-state index contributed by atoms with van der Waals surface area (Å²) in [5, 5.41) is 4.75. The van der Waals surface area contributed by atoms with Crippen molar-refractivity contribution in [3.63, 3.8) is 0 Å². The molecule has 0 aliphatic carbocycles. The Balaban J connectivity index is 2.57. The van der Waals surface area contributed by atoms with E-state index < -0.39 is 18.0 Å². The van der Waals surface area contributed by atoms with Gasteiger partial charge in [-0.15, -0.1) is 0 Å². The third-order valence-electron chi connectivity index (χ3n) is 2.77. The fraction of sp³-hybridized carbons (Fsp3) is 0.727. The van der Waals surface area contributed by atoms with E-state index in [-0.39, 0.29) is 23.7 Å². The van der Waals surface area contributed by atoms with Gasteiger partial charge in [-0.25, -0.2) is 0 Å². The van der Waals surface area contributed by atoms with Crippen LogP contribution in [0.1, 0.15) is 33.6 Å². The van der Waals surface area contributed by atoms with Crippen LogP contribution in [-0.2, 0) is 14.4 Å². The summed E-state index contributed by atoms with van der Waals surface area (Å²) in [6.45, 7) is 5.55. The Morgan fingerprint density at radius 3 is 2.53 bits per heavy atom. The Bertz CT molecular complexity index is 346. The average molecular weight is 241 g/mol. The molecule has 1 unspecified atom stereocenters. The largest absolute Gasteiger partial charge is 0.343 e. The van der Waals surface area contributed by atoms with Gasteiger partial charge < -0.3 is 11.1 Å². The highest BCUT2D eigenvalue weighted by Gasteiger charge is 2.32. The fourth-order valence-corrected chi connectivity index (χ4v) is 1.49. The van der Waals surface area contributed by atoms with Crippen molar-refractivity contribution < 1.29 is 14.4 Å². The van der Waals surface area contributed by atoms with Gasteiger partial charge in [0.2, 0.25) is 17.7 Å². The van der Waals surface area contributed by atoms with Gasteiger partial charge in [0, 0.05) is 6.42 Å². The van der Waals surface area contributed by atoms with E-state index in [0.29, 0.717) is 6.42 Å². The van der Waals surface area contributed by atoms with E-state index >= 15 is 0 Å². The summed E-state index contributed by atoms with van der Waals surface area (Å²) in [4.78, 5) is 34.1. The highest BCUT2D eigenvalue weighted by atomic mass is 16.2. The first-order valence-corrected chi connectivity index (χ1v) is 5.61. The van der Waals surface area contributed by atoms with Crippen LogP contribution in [0.15, 0.2) is 0 Å². The zero-order valence-corrected chi connectivity index (χ0v) is 10.4. The zero-order chi connectivity index (χ0) is 13.2. The first-order valence-electron chi connectivity index (χ1n) is 5.61. The lowest BCUT2D eigenvalue weighted by Crippen LogP contribution is -2.57. The normalized spacial score (nSPS) is 22.9. The molecule has 0 aromatic carbocycles. The van der Waals surface area contributed by atoms with Crippen molar-refractivity contribution in [2.24, 2.45) is 11.1 Å². The molecule has 1 heterocycles. The molecule has 17 heavy (non-hydrogen) atoms. The van der Waals surface area contributed by atoms with Gasteiger partial charge in [0.15, 0.2) is 0 Å². The number of carbonyl (C=O) groups is 3. The molecule has 0 saturated carbocycles. The second-order valence-electron chi connectivity index (χ2n) is 5.36. The predicted octanol–water partition coefficient (Wildman–Crippen LogP) is -0.719. The quantitative estimate of drug-likeness (QED) is 0.555. The van der Waals surface area contributed by atoms with Crippen LogP contribution >= 0.6 is 0 Å². The van der Waals surface area contributed by atoms with E-state index in [1.165, 1.54) is 0 Å². The molecule has 2 atom stereocenters. The summed E-state index contributed by atoms with van der Waals surface area (Å²) in [5.41, 5.74) is 5.40. The van der Waals surface area contributed by atoms with Crippen LogP contribution in [0.25, 0.3) is 0 Å². The summed E-state index contributed by atoms with van der Waals surface area (Å²) in [6.07, 6.45) is 0.564. The summed E-state index contributed by atoms with van der Waals surface area (Å²) in [7, 11) is 0. The molecule has 6 nitrogen and oxygen atoms in total. The van der Waals surface area contributed by atoms with Crippen LogP contribution in [0, 0.1) is 5.41 Å². The molecule has 0 spiro atoms. The van der Waals surface area contributed by atoms with Crippen LogP contribution in [0.5, 0.6) is 0 Å². The van der Waals surface area contributed by atoms with Gasteiger partial charge in [-0.1, -0.05) is 20.8 Å². The highest BCUT2D eigenvalue weighted by molar-refractivity contribution is 6.02. The SMILES string of the molecule is CC(C)(C)[C@@H](N)C(=O)NC1CCC(=O)NC1=O. The van der Waals surface area contributed by atoms with Gasteiger partial charge in [0.05, 0.1) is 6.04 Å². The maximum atomic E-state index is 11.8. The number of carbonyl (C=O) groups excluding carboxylic acids is 3. The predicted molar refractivity (Wildman–Crippen MR) is 61.7 cm³/mol. The van der Waals surface area contributed by atoms with Crippen LogP contribution in [0.2, 0.25) is 0 Å². The van der Waals surface area contributed by atoms with Gasteiger partial charge in [-0.3, -0.25) is 19.7 Å². The lowest BCUT2D eigenvalue weighted by molar-refractivity contribution is -0.138. The Hall–Kier alpha value is -1.43. The minimum absolute atomic E-state index is 0.238. The van der Waals surface area contributed by atoms with E-state index in [2.05, 4.69) is 10.6 Å². The maximum Gasteiger partial charge on any atom is 0.249 e. The lowest BCUT2D eigenvalue weighted by Gasteiger charge is -2.29. The molecule has 1 rings (SSSR count). The van der Waals surface area contributed by atoms with Crippen LogP contribution in [0.3, 0.4) is 0 Å². The molecular formula is C11H19N3O3. The first kappa shape index (κ1) is 13.6. The number of nitrogens with two attached hydrogens (primary N) is 1. The standard InChI is InChI=1S/C11H19N3O3/c1-11(2,3)8(12)10(17)13-6-4-5-7(15)14-9(6)16/h6,8H,4-5,12H2,1-3H3,(H,13,17)(H,14,15,16)/t6?,8-/m0/s1. The fourth-order valence-electron chi connectivity index (χ4n) is 1.49. The first-order chi connectivity index (χ1) is 7.71. The Morgan fingerprint density at radius 1 is 1.47 bits per heavy atom. The molecule has 1 aliphatic heterocycles. The van der Waals surface area contributed by atoms with Crippen molar-refractivity contribution in [2.75, 3.05) is 0 Å². The van der Waals surface area contributed by atoms with Crippen LogP contribution in [0.4, 0.5) is 0 Å². The number of amides is 3. The topological polar surface area (TPSA) is 101 Å². The average Bonchev–Trinajstić information content (AvgIpc) is 2.19. The van der Waals surface area contributed by atoms with Gasteiger partial charge >= 0.3 is 0 Å². The van der Waals surface area contributed by atoms with Crippen molar-refractivity contribution >= 4 is 17.7 Å². The Morgan fingerprint density at radius 2 is 2.06 bits per heavy atom. The van der Waals surface area contributed by atoms with E-state index in [1.54, 1.807) is 0 Å². The second-order valence-corrected chi connectivity index (χ2v) is 5.36. The van der Waals surface area contributed by atoms with Gasteiger partial charge in [-0.2, -0.15) is 0 Å². The van der Waals surface area contributed by atoms with E-state index in [9.17, 15) is 14.4 Å². The second kappa shape index (κ2) is 4.83. The van der Waals surface area contributed by atoms with Gasteiger partial charge in [-0.05, 0) is 11.8 Å². The maximum absolute atomic E-state index is 11.8. The smallest absolute Gasteiger partial charge is 0.249 e. The number of piperidine rings is 1. The third kappa shape index (κ3) is 3.52. The summed E-state index contributed by atoms with van der Waals surface area (Å²) in [6, 6.07) is -1.35. The Labute approximate surface area is 100 Å². The number of hydrogen-bond acceptors (Lipinski definition) is 4. The van der Waals surface area contributed by atoms with Crippen molar-refractivity contribution in [1.29, 1.82) is 0 Å². The van der Waals surface area contributed by atoms with E-state index in [4.69, 9.17) is 5.73 Å². The highest BCUT2D eigenvalue weighted by Crippen LogP contribution is 2.17. The molecule has 96 valence electrons. The molecule has 3 amide bonds. The van der Waals surface area contributed by atoms with E-state index in [1.807, 2.05) is 20.8 Å². The molecule has 4 N–H and O–H groups in total. The molecule has 0 aromatic rings. The third-order valence-corrected chi connectivity index (χ3v) is 2.77.